The van der Waals surface area contributed by atoms with E-state index in [-0.39, 0.29) is 34.6 Å². The van der Waals surface area contributed by atoms with Gasteiger partial charge in [-0.3, -0.25) is 10.1 Å². The summed E-state index contributed by atoms with van der Waals surface area (Å²) < 4.78 is 27.0. The minimum Gasteiger partial charge on any atom is -0.297 e. The van der Waals surface area contributed by atoms with Crippen molar-refractivity contribution in [1.29, 1.82) is 0 Å². The van der Waals surface area contributed by atoms with Crippen LogP contribution in [0.4, 0.5) is 8.78 Å². The van der Waals surface area contributed by atoms with Crippen LogP contribution < -0.4 is 5.32 Å². The van der Waals surface area contributed by atoms with Crippen molar-refractivity contribution in [1.82, 2.24) is 10.3 Å². The molecular formula is C26H21F2N3OS2. The minimum absolute atomic E-state index is 0.0301. The normalized spacial score (nSPS) is 20.7. The van der Waals surface area contributed by atoms with Gasteiger partial charge >= 0.3 is 0 Å². The van der Waals surface area contributed by atoms with Crippen molar-refractivity contribution >= 4 is 46.4 Å². The topological polar surface area (TPSA) is 44.7 Å². The number of nitrogens with one attached hydrogen (secondary N) is 1. The van der Waals surface area contributed by atoms with E-state index in [1.807, 2.05) is 11.5 Å². The first-order chi connectivity index (χ1) is 16.5. The molecule has 0 saturated heterocycles. The summed E-state index contributed by atoms with van der Waals surface area (Å²) in [6.45, 7) is 0. The third kappa shape index (κ3) is 4.56. The SMILES string of the molecule is O=C(NC(=S)N1N=C2C(=Cc3ccc(F)cc3)CCCC2C1c1ccc(F)cc1)c1cccs1. The van der Waals surface area contributed by atoms with E-state index in [1.165, 1.54) is 35.6 Å². The van der Waals surface area contributed by atoms with Crippen molar-refractivity contribution in [3.63, 3.8) is 0 Å². The van der Waals surface area contributed by atoms with Gasteiger partial charge in [0.2, 0.25) is 0 Å². The van der Waals surface area contributed by atoms with E-state index in [0.29, 0.717) is 4.88 Å². The number of thiocarbonyl (C=S) groups is 1. The first-order valence-corrected chi connectivity index (χ1v) is 12.3. The Balaban J connectivity index is 1.50. The molecule has 1 amide bonds. The summed E-state index contributed by atoms with van der Waals surface area (Å²) >= 11 is 6.96. The van der Waals surface area contributed by atoms with Gasteiger partial charge in [-0.05, 0) is 90.0 Å². The van der Waals surface area contributed by atoms with E-state index in [9.17, 15) is 13.6 Å². The monoisotopic (exact) mass is 493 g/mol. The average molecular weight is 494 g/mol. The van der Waals surface area contributed by atoms with E-state index in [2.05, 4.69) is 5.32 Å². The molecule has 2 aliphatic rings. The van der Waals surface area contributed by atoms with Crippen LogP contribution in [-0.4, -0.2) is 21.7 Å². The molecule has 0 radical (unpaired) electrons. The van der Waals surface area contributed by atoms with Gasteiger partial charge in [0.05, 0.1) is 16.6 Å². The lowest BCUT2D eigenvalue weighted by Gasteiger charge is -2.30. The van der Waals surface area contributed by atoms with Crippen LogP contribution in [0.2, 0.25) is 0 Å². The highest BCUT2D eigenvalue weighted by molar-refractivity contribution is 7.80. The fourth-order valence-electron chi connectivity index (χ4n) is 4.55. The quantitative estimate of drug-likeness (QED) is 0.433. The molecule has 1 N–H and O–H groups in total. The van der Waals surface area contributed by atoms with Crippen LogP contribution in [0.5, 0.6) is 0 Å². The third-order valence-electron chi connectivity index (χ3n) is 6.10. The Bertz CT molecular complexity index is 1270. The Morgan fingerprint density at radius 3 is 2.47 bits per heavy atom. The molecular weight excluding hydrogens is 472 g/mol. The third-order valence-corrected chi connectivity index (χ3v) is 7.26. The van der Waals surface area contributed by atoms with E-state index < -0.39 is 0 Å². The van der Waals surface area contributed by atoms with Gasteiger partial charge in [0.15, 0.2) is 5.11 Å². The number of nitrogens with zero attached hydrogens (tertiary/aromatic N) is 2. The molecule has 1 saturated carbocycles. The Hall–Kier alpha value is -3.23. The first kappa shape index (κ1) is 22.6. The highest BCUT2D eigenvalue weighted by Crippen LogP contribution is 2.44. The van der Waals surface area contributed by atoms with E-state index in [4.69, 9.17) is 17.3 Å². The highest BCUT2D eigenvalue weighted by atomic mass is 32.1. The maximum absolute atomic E-state index is 13.7. The van der Waals surface area contributed by atoms with Crippen LogP contribution in [0.3, 0.4) is 0 Å². The largest absolute Gasteiger partial charge is 0.297 e. The molecule has 4 nitrogen and oxygen atoms in total. The molecule has 172 valence electrons. The Morgan fingerprint density at radius 1 is 1.09 bits per heavy atom. The zero-order valence-electron chi connectivity index (χ0n) is 18.1. The van der Waals surface area contributed by atoms with Gasteiger partial charge in [0.25, 0.3) is 5.91 Å². The second-order valence-electron chi connectivity index (χ2n) is 8.28. The number of hydrogen-bond donors (Lipinski definition) is 1. The molecule has 1 fully saturated rings. The minimum atomic E-state index is -0.316. The molecule has 8 heteroatoms. The number of allylic oxidation sites excluding steroid dienone is 1. The summed E-state index contributed by atoms with van der Waals surface area (Å²) in [6, 6.07) is 16.0. The molecule has 5 rings (SSSR count). The zero-order valence-corrected chi connectivity index (χ0v) is 19.7. The zero-order chi connectivity index (χ0) is 23.7. The number of fused-ring (bicyclic) bond motifs is 1. The summed E-state index contributed by atoms with van der Waals surface area (Å²) in [5, 5.41) is 11.4. The fourth-order valence-corrected chi connectivity index (χ4v) is 5.41. The number of carbonyl (C=O) groups excluding carboxylic acids is 1. The first-order valence-electron chi connectivity index (χ1n) is 11.0. The van der Waals surface area contributed by atoms with Gasteiger partial charge in [0.1, 0.15) is 11.6 Å². The van der Waals surface area contributed by atoms with Crippen molar-refractivity contribution in [3.05, 3.63) is 99.3 Å². The number of amides is 1. The summed E-state index contributed by atoms with van der Waals surface area (Å²) in [5.74, 6) is -0.850. The second kappa shape index (κ2) is 9.56. The maximum atomic E-state index is 13.7. The predicted octanol–water partition coefficient (Wildman–Crippen LogP) is 6.34. The van der Waals surface area contributed by atoms with Gasteiger partial charge in [0, 0.05) is 5.92 Å². The van der Waals surface area contributed by atoms with E-state index >= 15 is 0 Å². The number of rotatable bonds is 3. The van der Waals surface area contributed by atoms with Crippen LogP contribution in [-0.2, 0) is 0 Å². The molecule has 3 aromatic rings. The highest BCUT2D eigenvalue weighted by Gasteiger charge is 2.43. The van der Waals surface area contributed by atoms with Crippen LogP contribution in [0.25, 0.3) is 6.08 Å². The number of hydrogen-bond acceptors (Lipinski definition) is 4. The maximum Gasteiger partial charge on any atom is 0.267 e. The molecule has 0 spiro atoms. The molecule has 1 aromatic heterocycles. The second-order valence-corrected chi connectivity index (χ2v) is 9.62. The summed E-state index contributed by atoms with van der Waals surface area (Å²) in [4.78, 5) is 13.2. The summed E-state index contributed by atoms with van der Waals surface area (Å²) in [7, 11) is 0. The number of benzene rings is 2. The van der Waals surface area contributed by atoms with Crippen molar-refractivity contribution in [3.8, 4) is 0 Å². The average Bonchev–Trinajstić information content (AvgIpc) is 3.50. The van der Waals surface area contributed by atoms with Crippen LogP contribution in [0.15, 0.2) is 76.7 Å². The molecule has 2 heterocycles. The van der Waals surface area contributed by atoms with Crippen LogP contribution in [0.1, 0.15) is 46.1 Å². The van der Waals surface area contributed by atoms with E-state index in [0.717, 1.165) is 41.7 Å². The van der Waals surface area contributed by atoms with Gasteiger partial charge in [-0.15, -0.1) is 11.3 Å². The van der Waals surface area contributed by atoms with Crippen LogP contribution in [0, 0.1) is 17.6 Å². The lowest BCUT2D eigenvalue weighted by atomic mass is 9.77. The molecule has 34 heavy (non-hydrogen) atoms. The molecule has 2 aromatic carbocycles. The summed E-state index contributed by atoms with van der Waals surface area (Å²) in [6.07, 6.45) is 4.71. The summed E-state index contributed by atoms with van der Waals surface area (Å²) in [5.41, 5.74) is 3.73. The van der Waals surface area contributed by atoms with Crippen molar-refractivity contribution in [2.45, 2.75) is 25.3 Å². The Kier molecular flexibility index (Phi) is 6.34. The fraction of sp³-hybridized carbons (Fsp3) is 0.192. The van der Waals surface area contributed by atoms with Gasteiger partial charge in [-0.25, -0.2) is 13.8 Å². The lowest BCUT2D eigenvalue weighted by molar-refractivity contribution is 0.0975. The smallest absolute Gasteiger partial charge is 0.267 e. The molecule has 1 aliphatic carbocycles. The molecule has 2 unspecified atom stereocenters. The molecule has 0 bridgehead atoms. The van der Waals surface area contributed by atoms with Gasteiger partial charge < -0.3 is 0 Å². The number of halogens is 2. The van der Waals surface area contributed by atoms with Gasteiger partial charge in [-0.1, -0.05) is 30.3 Å². The molecule has 1 aliphatic heterocycles. The number of carbonyl (C=O) groups is 1. The van der Waals surface area contributed by atoms with Crippen molar-refractivity contribution in [2.75, 3.05) is 0 Å². The molecule has 2 atom stereocenters. The van der Waals surface area contributed by atoms with Gasteiger partial charge in [-0.2, -0.15) is 5.10 Å². The van der Waals surface area contributed by atoms with Crippen molar-refractivity contribution < 1.29 is 13.6 Å². The lowest BCUT2D eigenvalue weighted by Crippen LogP contribution is -2.41. The Labute approximate surface area is 205 Å². The number of hydrazone groups is 1. The predicted molar refractivity (Wildman–Crippen MR) is 135 cm³/mol. The standard InChI is InChI=1S/C26H21F2N3OS2/c27-19-10-6-16(7-11-19)15-18-3-1-4-21-23(18)30-31(24(21)17-8-12-20(28)13-9-17)26(33)29-25(32)22-5-2-14-34-22/h2,5-15,21,24H,1,3-4H2,(H,29,32,33). The number of thiophene rings is 1. The van der Waals surface area contributed by atoms with Crippen LogP contribution >= 0.6 is 23.6 Å². The van der Waals surface area contributed by atoms with E-state index in [1.54, 1.807) is 41.4 Å². The van der Waals surface area contributed by atoms with Crippen molar-refractivity contribution in [2.24, 2.45) is 11.0 Å². The Morgan fingerprint density at radius 2 is 1.79 bits per heavy atom.